The molecule has 2 atom stereocenters. The molecule has 0 radical (unpaired) electrons. The minimum Gasteiger partial charge on any atom is -0.345 e. The average Bonchev–Trinajstić information content (AvgIpc) is 3.38. The SMILES string of the molecule is CS(=O)c1c[nH]c2ncnc(N3CCC3c3nn4ccc(Cl)c4c(=O)n3-c3ccccc3)c12. The smallest absolute Gasteiger partial charge is 0.284 e. The van der Waals surface area contributed by atoms with Gasteiger partial charge in [-0.2, -0.15) is 5.10 Å². The first-order valence-corrected chi connectivity index (χ1v) is 12.3. The van der Waals surface area contributed by atoms with E-state index in [9.17, 15) is 9.00 Å². The maximum atomic E-state index is 13.6. The molecular weight excluding hydrogens is 462 g/mol. The van der Waals surface area contributed by atoms with Crippen LogP contribution in [0, 0.1) is 0 Å². The van der Waals surface area contributed by atoms with Gasteiger partial charge in [-0.05, 0) is 24.6 Å². The molecule has 1 fully saturated rings. The monoisotopic (exact) mass is 479 g/mol. The first-order chi connectivity index (χ1) is 16.0. The Balaban J connectivity index is 1.57. The number of H-pyrrole nitrogens is 1. The summed E-state index contributed by atoms with van der Waals surface area (Å²) in [7, 11) is -1.21. The number of nitrogens with zero attached hydrogens (tertiary/aromatic N) is 6. The maximum absolute atomic E-state index is 13.6. The highest BCUT2D eigenvalue weighted by atomic mass is 35.5. The van der Waals surface area contributed by atoms with Gasteiger partial charge in [0.1, 0.15) is 23.3 Å². The summed E-state index contributed by atoms with van der Waals surface area (Å²) in [6.07, 6.45) is 7.29. The number of anilines is 1. The van der Waals surface area contributed by atoms with Crippen molar-refractivity contribution in [2.24, 2.45) is 0 Å². The molecule has 0 amide bonds. The molecule has 0 aliphatic carbocycles. The molecule has 0 saturated carbocycles. The Morgan fingerprint density at radius 3 is 2.73 bits per heavy atom. The Morgan fingerprint density at radius 2 is 2.00 bits per heavy atom. The quantitative estimate of drug-likeness (QED) is 0.425. The van der Waals surface area contributed by atoms with Crippen molar-refractivity contribution in [3.8, 4) is 5.69 Å². The first-order valence-electron chi connectivity index (χ1n) is 10.3. The van der Waals surface area contributed by atoms with Crippen molar-refractivity contribution in [1.82, 2.24) is 29.1 Å². The van der Waals surface area contributed by atoms with E-state index in [1.165, 1.54) is 10.8 Å². The second-order valence-electron chi connectivity index (χ2n) is 7.82. The number of aromatic amines is 1. The van der Waals surface area contributed by atoms with Crippen LogP contribution in [0.25, 0.3) is 22.2 Å². The van der Waals surface area contributed by atoms with Crippen LogP contribution in [0.15, 0.2) is 64.8 Å². The summed E-state index contributed by atoms with van der Waals surface area (Å²) in [5, 5.41) is 5.88. The molecule has 1 aliphatic heterocycles. The topological polar surface area (TPSA) is 101 Å². The second-order valence-corrected chi connectivity index (χ2v) is 9.57. The number of halogens is 1. The number of rotatable bonds is 4. The Kier molecular flexibility index (Phi) is 4.59. The number of fused-ring (bicyclic) bond motifs is 2. The number of benzene rings is 1. The van der Waals surface area contributed by atoms with Crippen molar-refractivity contribution in [3.63, 3.8) is 0 Å². The summed E-state index contributed by atoms with van der Waals surface area (Å²) in [4.78, 5) is 28.2. The van der Waals surface area contributed by atoms with Crippen LogP contribution in [0.1, 0.15) is 18.3 Å². The number of hydrogen-bond donors (Lipinski definition) is 1. The summed E-state index contributed by atoms with van der Waals surface area (Å²) in [6.45, 7) is 0.715. The van der Waals surface area contributed by atoms with Crippen LogP contribution < -0.4 is 10.5 Å². The summed E-state index contributed by atoms with van der Waals surface area (Å²) in [5.74, 6) is 1.25. The van der Waals surface area contributed by atoms with Gasteiger partial charge in [-0.25, -0.2) is 14.5 Å². The predicted molar refractivity (Wildman–Crippen MR) is 127 cm³/mol. The average molecular weight is 480 g/mol. The second kappa shape index (κ2) is 7.53. The van der Waals surface area contributed by atoms with Crippen LogP contribution in [0.3, 0.4) is 0 Å². The molecule has 1 aliphatic rings. The summed E-state index contributed by atoms with van der Waals surface area (Å²) in [5.41, 5.74) is 1.42. The lowest BCUT2D eigenvalue weighted by molar-refractivity contribution is 0.424. The Hall–Kier alpha value is -3.50. The number of nitrogens with one attached hydrogen (secondary N) is 1. The lowest BCUT2D eigenvalue weighted by Crippen LogP contribution is -2.45. The normalized spacial score (nSPS) is 16.9. The fourth-order valence-electron chi connectivity index (χ4n) is 4.36. The molecule has 1 aromatic carbocycles. The maximum Gasteiger partial charge on any atom is 0.284 e. The third kappa shape index (κ3) is 3.01. The Labute approximate surface area is 195 Å². The van der Waals surface area contributed by atoms with Gasteiger partial charge in [0.15, 0.2) is 5.82 Å². The molecule has 6 rings (SSSR count). The van der Waals surface area contributed by atoms with E-state index >= 15 is 0 Å². The fourth-order valence-corrected chi connectivity index (χ4v) is 5.29. The lowest BCUT2D eigenvalue weighted by Gasteiger charge is -2.42. The van der Waals surface area contributed by atoms with E-state index in [2.05, 4.69) is 19.9 Å². The van der Waals surface area contributed by atoms with Crippen molar-refractivity contribution in [3.05, 3.63) is 76.3 Å². The van der Waals surface area contributed by atoms with E-state index in [0.29, 0.717) is 45.0 Å². The van der Waals surface area contributed by atoms with Gasteiger partial charge < -0.3 is 9.88 Å². The summed E-state index contributed by atoms with van der Waals surface area (Å²) in [6, 6.07) is 10.9. The molecule has 1 N–H and O–H groups in total. The van der Waals surface area contributed by atoms with Crippen LogP contribution in [-0.2, 0) is 10.8 Å². The minimum absolute atomic E-state index is 0.213. The van der Waals surface area contributed by atoms with E-state index in [1.54, 1.807) is 29.3 Å². The Morgan fingerprint density at radius 1 is 1.18 bits per heavy atom. The third-order valence-corrected chi connectivity index (χ3v) is 7.24. The number of hydrogen-bond acceptors (Lipinski definition) is 6. The highest BCUT2D eigenvalue weighted by Gasteiger charge is 2.37. The van der Waals surface area contributed by atoms with Crippen molar-refractivity contribution in [1.29, 1.82) is 0 Å². The van der Waals surface area contributed by atoms with Gasteiger partial charge in [0.2, 0.25) is 0 Å². The molecule has 166 valence electrons. The molecule has 5 heterocycles. The predicted octanol–water partition coefficient (Wildman–Crippen LogP) is 3.10. The van der Waals surface area contributed by atoms with Crippen molar-refractivity contribution >= 4 is 44.8 Å². The molecule has 9 nitrogen and oxygen atoms in total. The molecule has 1 saturated heterocycles. The molecule has 2 unspecified atom stereocenters. The van der Waals surface area contributed by atoms with E-state index in [-0.39, 0.29) is 11.6 Å². The molecule has 0 spiro atoms. The van der Waals surface area contributed by atoms with Gasteiger partial charge in [-0.1, -0.05) is 29.8 Å². The van der Waals surface area contributed by atoms with E-state index < -0.39 is 10.8 Å². The van der Waals surface area contributed by atoms with Crippen LogP contribution in [-0.4, -0.2) is 46.1 Å². The van der Waals surface area contributed by atoms with Gasteiger partial charge in [0.05, 0.1) is 37.8 Å². The first kappa shape index (κ1) is 20.1. The van der Waals surface area contributed by atoms with Crippen LogP contribution in [0.4, 0.5) is 5.82 Å². The molecule has 4 aromatic heterocycles. The zero-order chi connectivity index (χ0) is 22.7. The largest absolute Gasteiger partial charge is 0.345 e. The lowest BCUT2D eigenvalue weighted by atomic mass is 10.0. The van der Waals surface area contributed by atoms with Crippen molar-refractivity contribution in [2.45, 2.75) is 17.4 Å². The van der Waals surface area contributed by atoms with Gasteiger partial charge in [-0.15, -0.1) is 0 Å². The summed E-state index contributed by atoms with van der Waals surface area (Å²) < 4.78 is 15.5. The minimum atomic E-state index is -1.21. The van der Waals surface area contributed by atoms with Crippen LogP contribution in [0.5, 0.6) is 0 Å². The van der Waals surface area contributed by atoms with Crippen LogP contribution in [0.2, 0.25) is 5.02 Å². The standard InChI is InChI=1S/C22H18ClN7O2S/c1-33(32)16-11-24-19-17(16)21(26-12-25-19)28-9-8-15(28)20-27-29-10-7-14(23)18(29)22(31)30(20)13-5-3-2-4-6-13/h2-7,10-12,15H,8-9H2,1H3,(H,24,25,26). The van der Waals surface area contributed by atoms with Crippen molar-refractivity contribution < 1.29 is 4.21 Å². The van der Waals surface area contributed by atoms with Gasteiger partial charge in [0, 0.05) is 25.2 Å². The zero-order valence-electron chi connectivity index (χ0n) is 17.5. The van der Waals surface area contributed by atoms with E-state index in [0.717, 1.165) is 11.8 Å². The van der Waals surface area contributed by atoms with Gasteiger partial charge in [-0.3, -0.25) is 13.6 Å². The van der Waals surface area contributed by atoms with E-state index in [1.807, 2.05) is 30.3 Å². The van der Waals surface area contributed by atoms with Gasteiger partial charge in [0.25, 0.3) is 5.56 Å². The molecule has 5 aromatic rings. The summed E-state index contributed by atoms with van der Waals surface area (Å²) >= 11 is 6.31. The van der Waals surface area contributed by atoms with E-state index in [4.69, 9.17) is 16.7 Å². The van der Waals surface area contributed by atoms with Crippen molar-refractivity contribution in [2.75, 3.05) is 17.7 Å². The highest BCUT2D eigenvalue weighted by Crippen LogP contribution is 2.40. The van der Waals surface area contributed by atoms with Crippen LogP contribution >= 0.6 is 11.6 Å². The molecule has 33 heavy (non-hydrogen) atoms. The number of aromatic nitrogens is 6. The number of para-hydroxylation sites is 1. The van der Waals surface area contributed by atoms with Gasteiger partial charge >= 0.3 is 0 Å². The molecular formula is C22H18ClN7O2S. The highest BCUT2D eigenvalue weighted by molar-refractivity contribution is 7.84. The molecule has 11 heteroatoms. The fraction of sp³-hybridized carbons (Fsp3) is 0.182. The zero-order valence-corrected chi connectivity index (χ0v) is 19.0. The Bertz CT molecular complexity index is 1610. The molecule has 0 bridgehead atoms. The third-order valence-electron chi connectivity index (χ3n) is 5.99.